The predicted octanol–water partition coefficient (Wildman–Crippen LogP) is 1.39. The zero-order valence-corrected chi connectivity index (χ0v) is 8.91. The lowest BCUT2D eigenvalue weighted by atomic mass is 10.6. The molecule has 5 radical (unpaired) electrons. The summed E-state index contributed by atoms with van der Waals surface area (Å²) >= 11 is 0. The van der Waals surface area contributed by atoms with Gasteiger partial charge in [-0.2, -0.15) is 0 Å². The summed E-state index contributed by atoms with van der Waals surface area (Å²) in [5, 5.41) is 0. The average Bonchev–Trinajstić information content (AvgIpc) is 1.83. The standard InChI is InChI=1S/C5H13Si3/c1-4-5-7-8(3)6-2/h4-5H2,1-3H3. The molecule has 0 aromatic carbocycles. The minimum Gasteiger partial charge on any atom is -0.0759 e. The van der Waals surface area contributed by atoms with Crippen molar-refractivity contribution in [2.45, 2.75) is 32.5 Å². The zero-order chi connectivity index (χ0) is 6.41. The van der Waals surface area contributed by atoms with Crippen LogP contribution in [0.4, 0.5) is 0 Å². The highest BCUT2D eigenvalue weighted by Crippen LogP contribution is 1.87. The molecule has 0 aliphatic rings. The molecule has 0 spiro atoms. The van der Waals surface area contributed by atoms with Crippen molar-refractivity contribution in [3.05, 3.63) is 0 Å². The second-order valence-corrected chi connectivity index (χ2v) is 13.0. The van der Waals surface area contributed by atoms with Gasteiger partial charge in [-0.25, -0.2) is 0 Å². The lowest BCUT2D eigenvalue weighted by Gasteiger charge is -2.00. The summed E-state index contributed by atoms with van der Waals surface area (Å²) in [6, 6.07) is 1.49. The maximum Gasteiger partial charge on any atom is 0.0219 e. The molecule has 0 saturated carbocycles. The predicted molar refractivity (Wildman–Crippen MR) is 44.1 cm³/mol. The molecule has 0 nitrogen and oxygen atoms in total. The van der Waals surface area contributed by atoms with Gasteiger partial charge in [0.1, 0.15) is 0 Å². The van der Waals surface area contributed by atoms with Crippen LogP contribution < -0.4 is 0 Å². The average molecular weight is 157 g/mol. The SMILES string of the molecule is CCC[Si][Si](C)[Si]C. The highest BCUT2D eigenvalue weighted by Gasteiger charge is 1.99. The lowest BCUT2D eigenvalue weighted by molar-refractivity contribution is 1.08. The Bertz CT molecular complexity index is 46.9. The summed E-state index contributed by atoms with van der Waals surface area (Å²) in [6.45, 7) is 7.08. The van der Waals surface area contributed by atoms with Crippen molar-refractivity contribution in [2.24, 2.45) is 0 Å². The van der Waals surface area contributed by atoms with Gasteiger partial charge in [0.05, 0.1) is 0 Å². The van der Waals surface area contributed by atoms with Gasteiger partial charge in [0.2, 0.25) is 0 Å². The molecule has 0 amide bonds. The molecular weight excluding hydrogens is 144 g/mol. The highest BCUT2D eigenvalue weighted by molar-refractivity contribution is 7.39. The molecule has 0 rings (SSSR count). The largest absolute Gasteiger partial charge is 0.0759 e. The first-order chi connectivity index (χ1) is 3.81. The van der Waals surface area contributed by atoms with Crippen molar-refractivity contribution in [1.82, 2.24) is 0 Å². The Balaban J connectivity index is 2.86. The Morgan fingerprint density at radius 2 is 2.12 bits per heavy atom. The van der Waals surface area contributed by atoms with E-state index in [9.17, 15) is 0 Å². The summed E-state index contributed by atoms with van der Waals surface area (Å²) in [7, 11) is 2.74. The van der Waals surface area contributed by atoms with Gasteiger partial charge in [0.15, 0.2) is 0 Å². The van der Waals surface area contributed by atoms with Crippen molar-refractivity contribution in [1.29, 1.82) is 0 Å². The second kappa shape index (κ2) is 5.78. The fourth-order valence-electron chi connectivity index (χ4n) is 0.401. The Labute approximate surface area is 58.9 Å². The van der Waals surface area contributed by atoms with Gasteiger partial charge in [0.25, 0.3) is 0 Å². The quantitative estimate of drug-likeness (QED) is 0.541. The van der Waals surface area contributed by atoms with Gasteiger partial charge in [0, 0.05) is 25.9 Å². The van der Waals surface area contributed by atoms with Gasteiger partial charge < -0.3 is 0 Å². The van der Waals surface area contributed by atoms with Crippen molar-refractivity contribution < 1.29 is 0 Å². The molecular formula is C5H13Si3. The van der Waals surface area contributed by atoms with Crippen molar-refractivity contribution in [3.63, 3.8) is 0 Å². The van der Waals surface area contributed by atoms with Gasteiger partial charge in [-0.15, -0.1) is 0 Å². The van der Waals surface area contributed by atoms with E-state index >= 15 is 0 Å². The van der Waals surface area contributed by atoms with E-state index in [-0.39, 0.29) is 7.83 Å². The van der Waals surface area contributed by atoms with Crippen LogP contribution in [0, 0.1) is 0 Å². The normalized spacial score (nSPS) is 10.5. The third-order valence-corrected chi connectivity index (χ3v) is 11.5. The Morgan fingerprint density at radius 3 is 2.50 bits per heavy atom. The summed E-state index contributed by atoms with van der Waals surface area (Å²) in [6.07, 6.45) is 1.39. The van der Waals surface area contributed by atoms with Crippen molar-refractivity contribution in [2.75, 3.05) is 0 Å². The van der Waals surface area contributed by atoms with Crippen LogP contribution in [0.2, 0.25) is 19.1 Å². The first-order valence-electron chi connectivity index (χ1n) is 3.06. The van der Waals surface area contributed by atoms with E-state index < -0.39 is 0 Å². The molecule has 0 aliphatic heterocycles. The summed E-state index contributed by atoms with van der Waals surface area (Å²) in [5.41, 5.74) is 0. The van der Waals surface area contributed by atoms with Crippen LogP contribution in [0.3, 0.4) is 0 Å². The van der Waals surface area contributed by atoms with Crippen LogP contribution in [-0.2, 0) is 0 Å². The first kappa shape index (κ1) is 8.65. The Hall–Kier alpha value is 0.651. The molecule has 45 valence electrons. The number of hydrogen-bond acceptors (Lipinski definition) is 0. The van der Waals surface area contributed by atoms with E-state index in [4.69, 9.17) is 0 Å². The molecule has 8 heavy (non-hydrogen) atoms. The highest BCUT2D eigenvalue weighted by atomic mass is 29.6. The van der Waals surface area contributed by atoms with E-state index in [0.717, 1.165) is 0 Å². The van der Waals surface area contributed by atoms with E-state index in [1.54, 1.807) is 0 Å². The molecule has 0 saturated heterocycles. The molecule has 3 heteroatoms. The fourth-order valence-corrected chi connectivity index (χ4v) is 6.32. The van der Waals surface area contributed by atoms with Gasteiger partial charge in [-0.1, -0.05) is 32.5 Å². The summed E-state index contributed by atoms with van der Waals surface area (Å²) in [4.78, 5) is 0. The lowest BCUT2D eigenvalue weighted by Crippen LogP contribution is -2.23. The zero-order valence-electron chi connectivity index (χ0n) is 5.91. The van der Waals surface area contributed by atoms with Crippen molar-refractivity contribution in [3.8, 4) is 0 Å². The minimum atomic E-state index is 0.164. The van der Waals surface area contributed by atoms with Crippen LogP contribution in [0.25, 0.3) is 0 Å². The molecule has 0 heterocycles. The van der Waals surface area contributed by atoms with Crippen LogP contribution >= 0.6 is 0 Å². The Kier molecular flexibility index (Phi) is 6.25. The smallest absolute Gasteiger partial charge is 0.0219 e. The summed E-state index contributed by atoms with van der Waals surface area (Å²) in [5.74, 6) is 0. The van der Waals surface area contributed by atoms with Crippen molar-refractivity contribution >= 4 is 25.9 Å². The topological polar surface area (TPSA) is 0 Å². The third-order valence-electron chi connectivity index (χ3n) is 1.02. The maximum atomic E-state index is 2.46. The molecule has 0 atom stereocenters. The van der Waals surface area contributed by atoms with E-state index in [2.05, 4.69) is 20.0 Å². The van der Waals surface area contributed by atoms with Gasteiger partial charge in [-0.3, -0.25) is 0 Å². The number of rotatable bonds is 4. The molecule has 0 aliphatic carbocycles. The second-order valence-electron chi connectivity index (χ2n) is 1.80. The van der Waals surface area contributed by atoms with Crippen LogP contribution in [0.15, 0.2) is 0 Å². The summed E-state index contributed by atoms with van der Waals surface area (Å²) < 4.78 is 0. The van der Waals surface area contributed by atoms with E-state index in [1.165, 1.54) is 30.5 Å². The number of hydrogen-bond donors (Lipinski definition) is 0. The monoisotopic (exact) mass is 157 g/mol. The van der Waals surface area contributed by atoms with Crippen LogP contribution in [0.5, 0.6) is 0 Å². The third kappa shape index (κ3) is 4.80. The van der Waals surface area contributed by atoms with Crippen LogP contribution in [0.1, 0.15) is 13.3 Å². The van der Waals surface area contributed by atoms with Gasteiger partial charge in [-0.05, 0) is 0 Å². The molecule has 0 N–H and O–H groups in total. The van der Waals surface area contributed by atoms with Gasteiger partial charge >= 0.3 is 0 Å². The van der Waals surface area contributed by atoms with E-state index in [0.29, 0.717) is 0 Å². The van der Waals surface area contributed by atoms with E-state index in [1.807, 2.05) is 0 Å². The fraction of sp³-hybridized carbons (Fsp3) is 1.00. The molecule has 0 unspecified atom stereocenters. The molecule has 0 fully saturated rings. The maximum absolute atomic E-state index is 2.46. The first-order valence-corrected chi connectivity index (χ1v) is 9.77. The molecule has 0 aromatic heterocycles. The molecule has 0 aromatic rings. The molecule has 0 bridgehead atoms. The van der Waals surface area contributed by atoms with Crippen LogP contribution in [-0.4, -0.2) is 25.9 Å². The minimum absolute atomic E-state index is 0.164. The Morgan fingerprint density at radius 1 is 1.50 bits per heavy atom.